The van der Waals surface area contributed by atoms with Gasteiger partial charge in [0.05, 0.1) is 0 Å². The summed E-state index contributed by atoms with van der Waals surface area (Å²) in [5, 5.41) is 19.4. The van der Waals surface area contributed by atoms with Gasteiger partial charge >= 0.3 is 5.97 Å². The molecule has 13 heavy (non-hydrogen) atoms. The average Bonchev–Trinajstić information content (AvgIpc) is 2.04. The molecule has 0 heterocycles. The maximum atomic E-state index is 10.7. The van der Waals surface area contributed by atoms with Gasteiger partial charge in [0.25, 0.3) is 5.91 Å². The molecule has 0 aliphatic heterocycles. The van der Waals surface area contributed by atoms with E-state index in [9.17, 15) is 9.59 Å². The Morgan fingerprint density at radius 2 is 2.15 bits per heavy atom. The summed E-state index contributed by atoms with van der Waals surface area (Å²) in [7, 11) is 0. The lowest BCUT2D eigenvalue weighted by Gasteiger charge is -2.04. The van der Waals surface area contributed by atoms with Gasteiger partial charge in [0.1, 0.15) is 0 Å². The van der Waals surface area contributed by atoms with Crippen molar-refractivity contribution in [2.45, 2.75) is 19.4 Å². The Morgan fingerprint density at radius 3 is 2.62 bits per heavy atom. The van der Waals surface area contributed by atoms with Crippen molar-refractivity contribution < 1.29 is 19.8 Å². The van der Waals surface area contributed by atoms with E-state index >= 15 is 0 Å². The van der Waals surface area contributed by atoms with Crippen molar-refractivity contribution in [2.75, 3.05) is 6.54 Å². The highest BCUT2D eigenvalue weighted by atomic mass is 16.4. The van der Waals surface area contributed by atoms with Gasteiger partial charge < -0.3 is 15.5 Å². The van der Waals surface area contributed by atoms with Gasteiger partial charge in [-0.2, -0.15) is 0 Å². The van der Waals surface area contributed by atoms with Crippen LogP contribution >= 0.6 is 0 Å². The van der Waals surface area contributed by atoms with Crippen molar-refractivity contribution in [2.24, 2.45) is 0 Å². The molecule has 0 saturated carbocycles. The normalized spacial score (nSPS) is 10.9. The summed E-state index contributed by atoms with van der Waals surface area (Å²) in [6, 6.07) is 0. The van der Waals surface area contributed by atoms with Crippen LogP contribution in [0, 0.1) is 11.8 Å². The van der Waals surface area contributed by atoms with E-state index in [1.54, 1.807) is 0 Å². The van der Waals surface area contributed by atoms with Crippen LogP contribution in [0.3, 0.4) is 0 Å². The third kappa shape index (κ3) is 5.70. The number of carbonyl (C=O) groups excluding carboxylic acids is 1. The van der Waals surface area contributed by atoms with Gasteiger partial charge in [-0.15, -0.1) is 0 Å². The van der Waals surface area contributed by atoms with E-state index in [0.717, 1.165) is 0 Å². The Balaban J connectivity index is 3.60. The van der Waals surface area contributed by atoms with E-state index in [0.29, 0.717) is 0 Å². The fourth-order valence-electron chi connectivity index (χ4n) is 0.604. The molecule has 0 aromatic carbocycles. The van der Waals surface area contributed by atoms with E-state index in [1.807, 2.05) is 0 Å². The summed E-state index contributed by atoms with van der Waals surface area (Å²) in [5.41, 5.74) is 0. The molecule has 0 unspecified atom stereocenters. The third-order valence-electron chi connectivity index (χ3n) is 1.23. The number of rotatable bonds is 4. The molecule has 0 aromatic heterocycles. The molecular formula is C8H11NO4. The van der Waals surface area contributed by atoms with Crippen LogP contribution in [0.4, 0.5) is 0 Å². The highest BCUT2D eigenvalue weighted by molar-refractivity contribution is 5.93. The van der Waals surface area contributed by atoms with Gasteiger partial charge in [-0.1, -0.05) is 5.92 Å². The molecule has 0 aliphatic carbocycles. The molecule has 0 radical (unpaired) electrons. The van der Waals surface area contributed by atoms with Crippen molar-refractivity contribution in [3.8, 4) is 11.8 Å². The molecule has 0 saturated heterocycles. The number of aliphatic hydroxyl groups is 1. The molecule has 0 spiro atoms. The highest BCUT2D eigenvalue weighted by Gasteiger charge is 2.12. The molecule has 1 atom stereocenters. The molecule has 3 N–H and O–H groups in total. The zero-order valence-electron chi connectivity index (χ0n) is 7.20. The van der Waals surface area contributed by atoms with E-state index in [-0.39, 0.29) is 13.0 Å². The molecule has 0 aliphatic rings. The smallest absolute Gasteiger partial charge is 0.332 e. The van der Waals surface area contributed by atoms with Crippen molar-refractivity contribution in [1.82, 2.24) is 5.32 Å². The van der Waals surface area contributed by atoms with Gasteiger partial charge in [-0.25, -0.2) is 4.79 Å². The maximum absolute atomic E-state index is 10.7. The molecule has 5 heteroatoms. The number of nitrogens with one attached hydrogen (secondary N) is 1. The Hall–Kier alpha value is -1.54. The largest absolute Gasteiger partial charge is 0.479 e. The first-order valence-electron chi connectivity index (χ1n) is 3.69. The first kappa shape index (κ1) is 11.5. The average molecular weight is 185 g/mol. The zero-order chi connectivity index (χ0) is 10.3. The second kappa shape index (κ2) is 6.03. The SMILES string of the molecule is CC#CC(=O)NCC[C@H](O)C(=O)O. The minimum atomic E-state index is -1.44. The number of amides is 1. The quantitative estimate of drug-likeness (QED) is 0.488. The van der Waals surface area contributed by atoms with E-state index in [2.05, 4.69) is 17.2 Å². The van der Waals surface area contributed by atoms with Crippen LogP contribution in [0.25, 0.3) is 0 Å². The first-order valence-corrected chi connectivity index (χ1v) is 3.69. The van der Waals surface area contributed by atoms with Crippen LogP contribution in [-0.4, -0.2) is 34.7 Å². The molecule has 0 bridgehead atoms. The number of carbonyl (C=O) groups is 2. The summed E-state index contributed by atoms with van der Waals surface area (Å²) in [5.74, 6) is 2.84. The van der Waals surface area contributed by atoms with Gasteiger partial charge in [-0.05, 0) is 12.8 Å². The Bertz CT molecular complexity index is 251. The Morgan fingerprint density at radius 1 is 1.54 bits per heavy atom. The molecule has 1 amide bonds. The second-order valence-corrected chi connectivity index (χ2v) is 2.27. The predicted molar refractivity (Wildman–Crippen MR) is 44.7 cm³/mol. The summed E-state index contributed by atoms with van der Waals surface area (Å²) < 4.78 is 0. The summed E-state index contributed by atoms with van der Waals surface area (Å²) in [4.78, 5) is 20.8. The second-order valence-electron chi connectivity index (χ2n) is 2.27. The number of aliphatic carboxylic acids is 1. The topological polar surface area (TPSA) is 86.6 Å². The third-order valence-corrected chi connectivity index (χ3v) is 1.23. The molecule has 72 valence electrons. The van der Waals surface area contributed by atoms with Crippen LogP contribution in [0.2, 0.25) is 0 Å². The molecule has 0 aromatic rings. The number of carboxylic acids is 1. The van der Waals surface area contributed by atoms with Crippen molar-refractivity contribution in [1.29, 1.82) is 0 Å². The number of hydrogen-bond donors (Lipinski definition) is 3. The molecule has 0 fully saturated rings. The van der Waals surface area contributed by atoms with Crippen LogP contribution in [0.5, 0.6) is 0 Å². The first-order chi connectivity index (χ1) is 6.07. The Labute approximate surface area is 75.8 Å². The lowest BCUT2D eigenvalue weighted by molar-refractivity contribution is -0.147. The lowest BCUT2D eigenvalue weighted by atomic mass is 10.2. The fraction of sp³-hybridized carbons (Fsp3) is 0.500. The zero-order valence-corrected chi connectivity index (χ0v) is 7.20. The van der Waals surface area contributed by atoms with E-state index < -0.39 is 18.0 Å². The number of hydrogen-bond acceptors (Lipinski definition) is 3. The molecule has 5 nitrogen and oxygen atoms in total. The van der Waals surface area contributed by atoms with Gasteiger partial charge in [0.15, 0.2) is 6.10 Å². The van der Waals surface area contributed by atoms with Gasteiger partial charge in [0, 0.05) is 13.0 Å². The molecular weight excluding hydrogens is 174 g/mol. The van der Waals surface area contributed by atoms with Crippen LogP contribution < -0.4 is 5.32 Å². The van der Waals surface area contributed by atoms with E-state index in [4.69, 9.17) is 10.2 Å². The Kier molecular flexibility index (Phi) is 5.32. The fourth-order valence-corrected chi connectivity index (χ4v) is 0.604. The van der Waals surface area contributed by atoms with Crippen LogP contribution in [0.15, 0.2) is 0 Å². The van der Waals surface area contributed by atoms with Crippen LogP contribution in [-0.2, 0) is 9.59 Å². The maximum Gasteiger partial charge on any atom is 0.332 e. The molecule has 0 rings (SSSR count). The van der Waals surface area contributed by atoms with Crippen molar-refractivity contribution in [3.05, 3.63) is 0 Å². The summed E-state index contributed by atoms with van der Waals surface area (Å²) in [6.07, 6.45) is -1.46. The van der Waals surface area contributed by atoms with Crippen molar-refractivity contribution >= 4 is 11.9 Å². The monoisotopic (exact) mass is 185 g/mol. The minimum Gasteiger partial charge on any atom is -0.479 e. The highest BCUT2D eigenvalue weighted by Crippen LogP contribution is 1.88. The van der Waals surface area contributed by atoms with Crippen LogP contribution in [0.1, 0.15) is 13.3 Å². The van der Waals surface area contributed by atoms with E-state index in [1.165, 1.54) is 6.92 Å². The lowest BCUT2D eigenvalue weighted by Crippen LogP contribution is -2.29. The number of carboxylic acid groups (broad SMARTS) is 1. The predicted octanol–water partition coefficient (Wildman–Crippen LogP) is -1.04. The standard InChI is InChI=1S/C8H11NO4/c1-2-3-7(11)9-5-4-6(10)8(12)13/h6,10H,4-5H2,1H3,(H,9,11)(H,12,13)/t6-/m0/s1. The van der Waals surface area contributed by atoms with Gasteiger partial charge in [0.2, 0.25) is 0 Å². The summed E-state index contributed by atoms with van der Waals surface area (Å²) >= 11 is 0. The summed E-state index contributed by atoms with van der Waals surface area (Å²) in [6.45, 7) is 1.62. The number of aliphatic hydroxyl groups excluding tert-OH is 1. The van der Waals surface area contributed by atoms with Gasteiger partial charge in [-0.3, -0.25) is 4.79 Å². The minimum absolute atomic E-state index is 0.0214. The van der Waals surface area contributed by atoms with Crippen molar-refractivity contribution in [3.63, 3.8) is 0 Å².